The molecular formula is C12H23NO2S. The van der Waals surface area contributed by atoms with Gasteiger partial charge in [0.15, 0.2) is 0 Å². The number of rotatable bonds is 8. The van der Waals surface area contributed by atoms with E-state index >= 15 is 0 Å². The largest absolute Gasteiger partial charge is 0.212 e. The first-order chi connectivity index (χ1) is 7.46. The summed E-state index contributed by atoms with van der Waals surface area (Å²) in [6.07, 6.45) is 5.87. The second kappa shape index (κ2) is 7.63. The smallest absolute Gasteiger partial charge is 0.212 e. The van der Waals surface area contributed by atoms with E-state index in [1.807, 2.05) is 26.8 Å². The van der Waals surface area contributed by atoms with Gasteiger partial charge in [0.1, 0.15) is 0 Å². The first-order valence-corrected chi connectivity index (χ1v) is 7.41. The van der Waals surface area contributed by atoms with Crippen molar-refractivity contribution >= 4 is 10.0 Å². The van der Waals surface area contributed by atoms with Crippen LogP contribution in [0.4, 0.5) is 0 Å². The number of nitrogens with one attached hydrogen (secondary N) is 1. The molecule has 0 saturated heterocycles. The van der Waals surface area contributed by atoms with Crippen molar-refractivity contribution < 1.29 is 8.42 Å². The van der Waals surface area contributed by atoms with Crippen LogP contribution in [0, 0.1) is 0 Å². The SMILES string of the molecule is C=CC=C(C)[C@H](CC)NS(=O)(=O)CCCC. The molecule has 0 aromatic rings. The van der Waals surface area contributed by atoms with Crippen molar-refractivity contribution in [2.24, 2.45) is 0 Å². The van der Waals surface area contributed by atoms with Gasteiger partial charge in [-0.3, -0.25) is 0 Å². The van der Waals surface area contributed by atoms with Gasteiger partial charge in [0, 0.05) is 6.04 Å². The van der Waals surface area contributed by atoms with Crippen LogP contribution < -0.4 is 4.72 Å². The fourth-order valence-corrected chi connectivity index (χ4v) is 2.98. The Bertz CT molecular complexity index is 331. The lowest BCUT2D eigenvalue weighted by Crippen LogP contribution is -2.36. The Balaban J connectivity index is 4.54. The van der Waals surface area contributed by atoms with E-state index in [0.29, 0.717) is 6.42 Å². The first kappa shape index (κ1) is 15.4. The van der Waals surface area contributed by atoms with E-state index in [1.54, 1.807) is 6.08 Å². The third-order valence-electron chi connectivity index (χ3n) is 2.43. The van der Waals surface area contributed by atoms with E-state index in [-0.39, 0.29) is 11.8 Å². The van der Waals surface area contributed by atoms with E-state index in [4.69, 9.17) is 0 Å². The quantitative estimate of drug-likeness (QED) is 0.668. The van der Waals surface area contributed by atoms with E-state index in [0.717, 1.165) is 18.4 Å². The molecule has 0 amide bonds. The minimum absolute atomic E-state index is 0.111. The molecule has 0 spiro atoms. The van der Waals surface area contributed by atoms with Crippen molar-refractivity contribution in [3.63, 3.8) is 0 Å². The van der Waals surface area contributed by atoms with Crippen LogP contribution in [0.1, 0.15) is 40.0 Å². The maximum atomic E-state index is 11.7. The van der Waals surface area contributed by atoms with Gasteiger partial charge >= 0.3 is 0 Å². The number of sulfonamides is 1. The van der Waals surface area contributed by atoms with Crippen LogP contribution >= 0.6 is 0 Å². The van der Waals surface area contributed by atoms with Crippen LogP contribution in [0.15, 0.2) is 24.3 Å². The summed E-state index contributed by atoms with van der Waals surface area (Å²) in [5.74, 6) is 0.210. The molecule has 0 saturated carbocycles. The maximum absolute atomic E-state index is 11.7. The third kappa shape index (κ3) is 6.08. The van der Waals surface area contributed by atoms with Crippen LogP contribution in [-0.2, 0) is 10.0 Å². The van der Waals surface area contributed by atoms with Crippen molar-refractivity contribution in [3.05, 3.63) is 24.3 Å². The van der Waals surface area contributed by atoms with Gasteiger partial charge in [-0.25, -0.2) is 13.1 Å². The van der Waals surface area contributed by atoms with Crippen molar-refractivity contribution in [2.75, 3.05) is 5.75 Å². The lowest BCUT2D eigenvalue weighted by molar-refractivity contribution is 0.559. The van der Waals surface area contributed by atoms with Crippen LogP contribution in [0.25, 0.3) is 0 Å². The van der Waals surface area contributed by atoms with Crippen molar-refractivity contribution in [1.82, 2.24) is 4.72 Å². The fraction of sp³-hybridized carbons (Fsp3) is 0.667. The van der Waals surface area contributed by atoms with Gasteiger partial charge in [-0.05, 0) is 19.8 Å². The molecule has 0 aromatic carbocycles. The zero-order valence-corrected chi connectivity index (χ0v) is 11.3. The summed E-state index contributed by atoms with van der Waals surface area (Å²) in [5, 5.41) is 0. The first-order valence-electron chi connectivity index (χ1n) is 5.76. The Morgan fingerprint density at radius 1 is 1.44 bits per heavy atom. The molecule has 0 aliphatic rings. The Kier molecular flexibility index (Phi) is 7.34. The summed E-state index contributed by atoms with van der Waals surface area (Å²) < 4.78 is 26.1. The Labute approximate surface area is 99.7 Å². The van der Waals surface area contributed by atoms with Crippen molar-refractivity contribution in [1.29, 1.82) is 0 Å². The summed E-state index contributed by atoms with van der Waals surface area (Å²) in [6, 6.07) is -0.111. The molecule has 0 aliphatic carbocycles. The molecule has 3 nitrogen and oxygen atoms in total. The molecule has 0 bridgehead atoms. The highest BCUT2D eigenvalue weighted by molar-refractivity contribution is 7.89. The molecule has 1 N–H and O–H groups in total. The Morgan fingerprint density at radius 3 is 2.50 bits per heavy atom. The molecule has 16 heavy (non-hydrogen) atoms. The molecule has 0 unspecified atom stereocenters. The average Bonchev–Trinajstić information content (AvgIpc) is 2.23. The zero-order valence-electron chi connectivity index (χ0n) is 10.5. The topological polar surface area (TPSA) is 46.2 Å². The van der Waals surface area contributed by atoms with E-state index < -0.39 is 10.0 Å². The van der Waals surface area contributed by atoms with Crippen LogP contribution in [0.2, 0.25) is 0 Å². The molecule has 1 atom stereocenters. The Hall–Kier alpha value is -0.610. The highest BCUT2D eigenvalue weighted by atomic mass is 32.2. The molecule has 0 rings (SSSR count). The highest BCUT2D eigenvalue weighted by Gasteiger charge is 2.16. The molecule has 0 fully saturated rings. The summed E-state index contributed by atoms with van der Waals surface area (Å²) in [5.41, 5.74) is 0.998. The molecule has 94 valence electrons. The van der Waals surface area contributed by atoms with Gasteiger partial charge < -0.3 is 0 Å². The molecular weight excluding hydrogens is 222 g/mol. The molecule has 0 aromatic heterocycles. The highest BCUT2D eigenvalue weighted by Crippen LogP contribution is 2.08. The monoisotopic (exact) mass is 245 g/mol. The lowest BCUT2D eigenvalue weighted by Gasteiger charge is -2.17. The summed E-state index contributed by atoms with van der Waals surface area (Å²) in [4.78, 5) is 0. The van der Waals surface area contributed by atoms with E-state index in [1.165, 1.54) is 0 Å². The Morgan fingerprint density at radius 2 is 2.06 bits per heavy atom. The maximum Gasteiger partial charge on any atom is 0.212 e. The average molecular weight is 245 g/mol. The van der Waals surface area contributed by atoms with E-state index in [2.05, 4.69) is 11.3 Å². The second-order valence-corrected chi connectivity index (χ2v) is 5.77. The predicted octanol–water partition coefficient (Wildman–Crippen LogP) is 2.62. The molecule has 0 radical (unpaired) electrons. The lowest BCUT2D eigenvalue weighted by atomic mass is 10.1. The van der Waals surface area contributed by atoms with E-state index in [9.17, 15) is 8.42 Å². The number of hydrogen-bond acceptors (Lipinski definition) is 2. The van der Waals surface area contributed by atoms with Crippen LogP contribution in [0.3, 0.4) is 0 Å². The number of allylic oxidation sites excluding steroid dienone is 2. The molecule has 0 heterocycles. The van der Waals surface area contributed by atoms with Gasteiger partial charge in [-0.1, -0.05) is 44.6 Å². The van der Waals surface area contributed by atoms with Crippen molar-refractivity contribution in [2.45, 2.75) is 46.1 Å². The summed E-state index contributed by atoms with van der Waals surface area (Å²) in [6.45, 7) is 9.47. The normalized spacial score (nSPS) is 14.8. The van der Waals surface area contributed by atoms with Gasteiger partial charge in [-0.2, -0.15) is 0 Å². The standard InChI is InChI=1S/C12H23NO2S/c1-5-8-10-16(14,15)13-12(7-3)11(4)9-6-2/h6,9,12-13H,2,5,7-8,10H2,1,3-4H3/t12-/m0/s1. The minimum atomic E-state index is -3.14. The molecule has 4 heteroatoms. The van der Waals surface area contributed by atoms with Gasteiger partial charge in [-0.15, -0.1) is 0 Å². The van der Waals surface area contributed by atoms with Crippen molar-refractivity contribution in [3.8, 4) is 0 Å². The molecule has 0 aliphatic heterocycles. The minimum Gasteiger partial charge on any atom is -0.212 e. The second-order valence-electron chi connectivity index (χ2n) is 3.90. The van der Waals surface area contributed by atoms with Crippen LogP contribution in [0.5, 0.6) is 0 Å². The fourth-order valence-electron chi connectivity index (χ4n) is 1.41. The summed E-state index contributed by atoms with van der Waals surface area (Å²) >= 11 is 0. The predicted molar refractivity (Wildman–Crippen MR) is 69.9 cm³/mol. The number of hydrogen-bond donors (Lipinski definition) is 1. The van der Waals surface area contributed by atoms with Crippen LogP contribution in [-0.4, -0.2) is 20.2 Å². The van der Waals surface area contributed by atoms with Gasteiger partial charge in [0.2, 0.25) is 10.0 Å². The summed E-state index contributed by atoms with van der Waals surface area (Å²) in [7, 11) is -3.14. The third-order valence-corrected chi connectivity index (χ3v) is 3.90. The van der Waals surface area contributed by atoms with Gasteiger partial charge in [0.25, 0.3) is 0 Å². The zero-order chi connectivity index (χ0) is 12.6. The number of unbranched alkanes of at least 4 members (excludes halogenated alkanes) is 1. The van der Waals surface area contributed by atoms with Gasteiger partial charge in [0.05, 0.1) is 5.75 Å².